The Kier molecular flexibility index (Phi) is 9.25. The number of hydrogen-bond acceptors (Lipinski definition) is 5. The van der Waals surface area contributed by atoms with Crippen molar-refractivity contribution in [1.29, 1.82) is 5.26 Å². The molecule has 1 saturated carbocycles. The summed E-state index contributed by atoms with van der Waals surface area (Å²) in [5.74, 6) is -0.0895. The lowest BCUT2D eigenvalue weighted by molar-refractivity contribution is -0.120. The normalized spacial score (nSPS) is 13.8. The van der Waals surface area contributed by atoms with Crippen LogP contribution in [0, 0.1) is 25.2 Å². The Balaban J connectivity index is 1.64. The van der Waals surface area contributed by atoms with Crippen LogP contribution in [0.1, 0.15) is 68.8 Å². The van der Waals surface area contributed by atoms with E-state index in [1.54, 1.807) is 29.2 Å². The summed E-state index contributed by atoms with van der Waals surface area (Å²) in [4.78, 5) is 38.5. The number of aromatic nitrogens is 1. The Morgan fingerprint density at radius 1 is 0.972 bits per heavy atom. The second-order valence-corrected chi connectivity index (χ2v) is 9.37. The molecule has 3 amide bonds. The van der Waals surface area contributed by atoms with Crippen molar-refractivity contribution in [3.63, 3.8) is 0 Å². The Labute approximate surface area is 212 Å². The summed E-state index contributed by atoms with van der Waals surface area (Å²) in [6, 6.07) is 9.39. The molecule has 1 heterocycles. The van der Waals surface area contributed by atoms with E-state index in [9.17, 15) is 19.6 Å². The molecule has 1 aliphatic carbocycles. The van der Waals surface area contributed by atoms with Gasteiger partial charge < -0.3 is 20.5 Å². The minimum atomic E-state index is -0.254. The standard InChI is InChI=1S/C27H36N6O3/c1-5-32(16-25(35)30-22-13-11-21(12-14-22)29-20(4)34)17-26(36)31-27-24(15-28)18(2)19(3)33(27)23-9-7-6-8-10-23/h11-14,23H,5-10,16-17H2,1-4H3,(H,29,34)(H,30,35)(H,31,36). The zero-order valence-electron chi connectivity index (χ0n) is 21.6. The lowest BCUT2D eigenvalue weighted by Crippen LogP contribution is -2.39. The van der Waals surface area contributed by atoms with Crippen LogP contribution in [0.25, 0.3) is 0 Å². The Morgan fingerprint density at radius 3 is 2.06 bits per heavy atom. The van der Waals surface area contributed by atoms with Crippen molar-refractivity contribution < 1.29 is 14.4 Å². The fourth-order valence-corrected chi connectivity index (χ4v) is 4.78. The number of nitriles is 1. The summed E-state index contributed by atoms with van der Waals surface area (Å²) in [7, 11) is 0. The molecule has 0 unspecified atom stereocenters. The molecule has 0 radical (unpaired) electrons. The van der Waals surface area contributed by atoms with Gasteiger partial charge in [0.25, 0.3) is 0 Å². The topological polar surface area (TPSA) is 119 Å². The summed E-state index contributed by atoms with van der Waals surface area (Å²) < 4.78 is 2.14. The molecule has 3 N–H and O–H groups in total. The van der Waals surface area contributed by atoms with E-state index in [1.165, 1.54) is 13.3 Å². The zero-order chi connectivity index (χ0) is 26.2. The molecule has 36 heavy (non-hydrogen) atoms. The summed E-state index contributed by atoms with van der Waals surface area (Å²) in [5.41, 5.74) is 3.67. The maximum atomic E-state index is 13.0. The maximum Gasteiger partial charge on any atom is 0.239 e. The van der Waals surface area contributed by atoms with E-state index >= 15 is 0 Å². The lowest BCUT2D eigenvalue weighted by Gasteiger charge is -2.27. The number of amides is 3. The third kappa shape index (κ3) is 6.73. The average Bonchev–Trinajstić information content (AvgIpc) is 3.08. The molecule has 2 aromatic rings. The van der Waals surface area contributed by atoms with Gasteiger partial charge in [-0.3, -0.25) is 19.3 Å². The number of carbonyl (C=O) groups is 3. The molecule has 1 aromatic heterocycles. The fraction of sp³-hybridized carbons (Fsp3) is 0.481. The maximum absolute atomic E-state index is 13.0. The Hall–Kier alpha value is -3.64. The van der Waals surface area contributed by atoms with Crippen LogP contribution < -0.4 is 16.0 Å². The molecule has 0 saturated heterocycles. The van der Waals surface area contributed by atoms with Crippen molar-refractivity contribution >= 4 is 34.9 Å². The number of nitrogens with zero attached hydrogens (tertiary/aromatic N) is 3. The molecule has 0 bridgehead atoms. The van der Waals surface area contributed by atoms with Gasteiger partial charge in [0.2, 0.25) is 17.7 Å². The van der Waals surface area contributed by atoms with Crippen LogP contribution in [-0.2, 0) is 14.4 Å². The zero-order valence-corrected chi connectivity index (χ0v) is 21.6. The van der Waals surface area contributed by atoms with E-state index in [0.717, 1.165) is 36.9 Å². The van der Waals surface area contributed by atoms with E-state index in [0.29, 0.717) is 29.3 Å². The van der Waals surface area contributed by atoms with Crippen LogP contribution in [0.2, 0.25) is 0 Å². The lowest BCUT2D eigenvalue weighted by atomic mass is 9.95. The second-order valence-electron chi connectivity index (χ2n) is 9.37. The predicted octanol–water partition coefficient (Wildman–Crippen LogP) is 4.34. The molecular weight excluding hydrogens is 456 g/mol. The van der Waals surface area contributed by atoms with Crippen LogP contribution in [0.3, 0.4) is 0 Å². The molecule has 9 heteroatoms. The fourth-order valence-electron chi connectivity index (χ4n) is 4.78. The van der Waals surface area contributed by atoms with Crippen molar-refractivity contribution in [2.45, 2.75) is 65.8 Å². The highest BCUT2D eigenvalue weighted by Crippen LogP contribution is 2.36. The summed E-state index contributed by atoms with van der Waals surface area (Å²) in [5, 5.41) is 18.3. The smallest absolute Gasteiger partial charge is 0.239 e. The number of likely N-dealkylation sites (N-methyl/N-ethyl adjacent to an activating group) is 1. The molecule has 9 nitrogen and oxygen atoms in total. The van der Waals surface area contributed by atoms with Gasteiger partial charge in [-0.05, 0) is 63.1 Å². The van der Waals surface area contributed by atoms with Gasteiger partial charge >= 0.3 is 0 Å². The third-order valence-corrected chi connectivity index (χ3v) is 6.74. The molecule has 1 fully saturated rings. The van der Waals surface area contributed by atoms with Gasteiger partial charge in [0.05, 0.1) is 18.7 Å². The summed E-state index contributed by atoms with van der Waals surface area (Å²) in [6.45, 7) is 7.84. The first kappa shape index (κ1) is 27.0. The number of anilines is 3. The Morgan fingerprint density at radius 2 is 1.53 bits per heavy atom. The summed E-state index contributed by atoms with van der Waals surface area (Å²) >= 11 is 0. The molecule has 0 aliphatic heterocycles. The highest BCUT2D eigenvalue weighted by molar-refractivity contribution is 5.95. The number of benzene rings is 1. The molecule has 1 aliphatic rings. The van der Waals surface area contributed by atoms with E-state index in [4.69, 9.17) is 0 Å². The van der Waals surface area contributed by atoms with Crippen molar-refractivity contribution in [1.82, 2.24) is 9.47 Å². The number of hydrogen-bond donors (Lipinski definition) is 3. The largest absolute Gasteiger partial charge is 0.327 e. The first-order chi connectivity index (χ1) is 17.2. The van der Waals surface area contributed by atoms with Gasteiger partial charge in [0.1, 0.15) is 11.9 Å². The van der Waals surface area contributed by atoms with Crippen molar-refractivity contribution in [3.8, 4) is 6.07 Å². The van der Waals surface area contributed by atoms with Gasteiger partial charge in [0.15, 0.2) is 0 Å². The number of carbonyl (C=O) groups excluding carboxylic acids is 3. The van der Waals surface area contributed by atoms with E-state index in [1.807, 2.05) is 20.8 Å². The number of nitrogens with one attached hydrogen (secondary N) is 3. The molecule has 1 aromatic carbocycles. The minimum absolute atomic E-state index is 0.0319. The SMILES string of the molecule is CCN(CC(=O)Nc1ccc(NC(C)=O)cc1)CC(=O)Nc1c(C#N)c(C)c(C)n1C1CCCCC1. The van der Waals surface area contributed by atoms with Gasteiger partial charge in [0, 0.05) is 30.0 Å². The van der Waals surface area contributed by atoms with Gasteiger partial charge in [-0.15, -0.1) is 0 Å². The Bertz CT molecular complexity index is 1140. The second kappa shape index (κ2) is 12.4. The highest BCUT2D eigenvalue weighted by atomic mass is 16.2. The predicted molar refractivity (Wildman–Crippen MR) is 141 cm³/mol. The number of rotatable bonds is 9. The van der Waals surface area contributed by atoms with Gasteiger partial charge in [-0.1, -0.05) is 26.2 Å². The molecule has 192 valence electrons. The van der Waals surface area contributed by atoms with Gasteiger partial charge in [-0.2, -0.15) is 5.26 Å². The van der Waals surface area contributed by atoms with Crippen LogP contribution in [0.15, 0.2) is 24.3 Å². The average molecular weight is 493 g/mol. The van der Waals surface area contributed by atoms with E-state index in [2.05, 4.69) is 26.6 Å². The highest BCUT2D eigenvalue weighted by Gasteiger charge is 2.26. The van der Waals surface area contributed by atoms with Crippen LogP contribution >= 0.6 is 0 Å². The first-order valence-corrected chi connectivity index (χ1v) is 12.5. The molecule has 0 spiro atoms. The van der Waals surface area contributed by atoms with Crippen molar-refractivity contribution in [2.75, 3.05) is 35.6 Å². The monoisotopic (exact) mass is 492 g/mol. The van der Waals surface area contributed by atoms with E-state index < -0.39 is 0 Å². The van der Waals surface area contributed by atoms with Crippen LogP contribution in [0.4, 0.5) is 17.2 Å². The molecule has 3 rings (SSSR count). The first-order valence-electron chi connectivity index (χ1n) is 12.5. The van der Waals surface area contributed by atoms with E-state index in [-0.39, 0.29) is 36.9 Å². The quantitative estimate of drug-likeness (QED) is 0.481. The van der Waals surface area contributed by atoms with Crippen molar-refractivity contribution in [3.05, 3.63) is 41.1 Å². The molecule has 0 atom stereocenters. The van der Waals surface area contributed by atoms with Crippen molar-refractivity contribution in [2.24, 2.45) is 0 Å². The summed E-state index contributed by atoms with van der Waals surface area (Å²) in [6.07, 6.45) is 5.58. The van der Waals surface area contributed by atoms with Gasteiger partial charge in [-0.25, -0.2) is 0 Å². The van der Waals surface area contributed by atoms with Crippen LogP contribution in [0.5, 0.6) is 0 Å². The molecular formula is C27H36N6O3. The third-order valence-electron chi connectivity index (χ3n) is 6.74. The van der Waals surface area contributed by atoms with Crippen LogP contribution in [-0.4, -0.2) is 46.8 Å². The minimum Gasteiger partial charge on any atom is -0.327 e.